The Kier molecular flexibility index (Phi) is 7.64. The maximum atomic E-state index is 13.1. The molecule has 0 N–H and O–H groups in total. The summed E-state index contributed by atoms with van der Waals surface area (Å²) in [6.07, 6.45) is 0.659. The van der Waals surface area contributed by atoms with Gasteiger partial charge in [-0.1, -0.05) is 23.5 Å². The lowest BCUT2D eigenvalue weighted by Gasteiger charge is -2.21. The largest absolute Gasteiger partial charge is 0.497 e. The average molecular weight is 462 g/mol. The van der Waals surface area contributed by atoms with Crippen molar-refractivity contribution in [1.29, 1.82) is 0 Å². The first-order valence-corrected chi connectivity index (χ1v) is 12.4. The third-order valence-electron chi connectivity index (χ3n) is 4.80. The summed E-state index contributed by atoms with van der Waals surface area (Å²) in [5.74, 6) is 0.0839. The Morgan fingerprint density at radius 3 is 2.42 bits per heavy atom. The number of anilines is 1. The maximum absolute atomic E-state index is 13.1. The molecule has 3 aromatic rings. The molecule has 31 heavy (non-hydrogen) atoms. The minimum Gasteiger partial charge on any atom is -0.497 e. The van der Waals surface area contributed by atoms with Gasteiger partial charge in [0.15, 0.2) is 15.0 Å². The van der Waals surface area contributed by atoms with Gasteiger partial charge in [0.25, 0.3) is 0 Å². The fraction of sp³-hybridized carbons (Fsp3) is 0.364. The van der Waals surface area contributed by atoms with Crippen molar-refractivity contribution in [2.75, 3.05) is 44.9 Å². The van der Waals surface area contributed by atoms with Crippen LogP contribution in [0.3, 0.4) is 0 Å². The lowest BCUT2D eigenvalue weighted by molar-refractivity contribution is -0.118. The number of methoxy groups -OCH3 is 1. The fourth-order valence-electron chi connectivity index (χ4n) is 3.11. The summed E-state index contributed by atoms with van der Waals surface area (Å²) in [5, 5.41) is 0.604. The third-order valence-corrected chi connectivity index (χ3v) is 7.60. The number of rotatable bonds is 10. The number of sulfone groups is 1. The van der Waals surface area contributed by atoms with Gasteiger partial charge in [-0.15, -0.1) is 0 Å². The van der Waals surface area contributed by atoms with E-state index in [9.17, 15) is 13.2 Å². The lowest BCUT2D eigenvalue weighted by Crippen LogP contribution is -2.34. The first kappa shape index (κ1) is 23.2. The van der Waals surface area contributed by atoms with Gasteiger partial charge >= 0.3 is 0 Å². The van der Waals surface area contributed by atoms with Crippen LogP contribution >= 0.6 is 11.3 Å². The average Bonchev–Trinajstić information content (AvgIpc) is 3.19. The summed E-state index contributed by atoms with van der Waals surface area (Å²) in [6.45, 7) is 1.30. The monoisotopic (exact) mass is 461 g/mol. The molecule has 7 nitrogen and oxygen atoms in total. The number of ether oxygens (including phenoxy) is 1. The van der Waals surface area contributed by atoms with Crippen LogP contribution in [-0.2, 0) is 14.6 Å². The molecule has 0 aliphatic heterocycles. The molecule has 0 unspecified atom stereocenters. The molecule has 3 rings (SSSR count). The summed E-state index contributed by atoms with van der Waals surface area (Å²) in [4.78, 5) is 21.5. The highest BCUT2D eigenvalue weighted by molar-refractivity contribution is 7.91. The molecule has 2 aromatic carbocycles. The molecule has 0 atom stereocenters. The van der Waals surface area contributed by atoms with Crippen LogP contribution in [0, 0.1) is 0 Å². The number of carbonyl (C=O) groups is 1. The molecule has 0 saturated heterocycles. The van der Waals surface area contributed by atoms with Crippen LogP contribution < -0.4 is 9.64 Å². The summed E-state index contributed by atoms with van der Waals surface area (Å²) in [5.41, 5.74) is 0.832. The van der Waals surface area contributed by atoms with Gasteiger partial charge in [-0.2, -0.15) is 0 Å². The van der Waals surface area contributed by atoms with Crippen LogP contribution in [-0.4, -0.2) is 64.3 Å². The zero-order valence-corrected chi connectivity index (χ0v) is 19.6. The minimum atomic E-state index is -3.58. The molecule has 1 heterocycles. The van der Waals surface area contributed by atoms with Crippen LogP contribution in [0.1, 0.15) is 12.8 Å². The number of benzene rings is 2. The standard InChI is InChI=1S/C22H27N3O4S2/c1-24(2)14-6-15-25(22-23-19-7-4-5-8-20(19)30-22)21(26)13-16-31(27,28)18-11-9-17(29-3)10-12-18/h4-5,7-12H,6,13-16H2,1-3H3. The fourth-order valence-corrected chi connectivity index (χ4v) is 5.34. The second kappa shape index (κ2) is 10.2. The number of hydrogen-bond acceptors (Lipinski definition) is 7. The van der Waals surface area contributed by atoms with Crippen LogP contribution in [0.2, 0.25) is 0 Å². The molecule has 9 heteroatoms. The van der Waals surface area contributed by atoms with Crippen molar-refractivity contribution >= 4 is 42.4 Å². The summed E-state index contributed by atoms with van der Waals surface area (Å²) in [6, 6.07) is 13.9. The van der Waals surface area contributed by atoms with E-state index >= 15 is 0 Å². The zero-order valence-electron chi connectivity index (χ0n) is 17.9. The van der Waals surface area contributed by atoms with E-state index < -0.39 is 9.84 Å². The van der Waals surface area contributed by atoms with E-state index in [-0.39, 0.29) is 23.0 Å². The zero-order chi connectivity index (χ0) is 22.4. The first-order valence-electron chi connectivity index (χ1n) is 9.97. The van der Waals surface area contributed by atoms with Crippen molar-refractivity contribution in [3.8, 4) is 5.75 Å². The lowest BCUT2D eigenvalue weighted by atomic mass is 10.3. The second-order valence-corrected chi connectivity index (χ2v) is 10.5. The molecule has 166 valence electrons. The van der Waals surface area contributed by atoms with E-state index in [1.165, 1.54) is 30.6 Å². The highest BCUT2D eigenvalue weighted by Crippen LogP contribution is 2.29. The number of carbonyl (C=O) groups excluding carboxylic acids is 1. The van der Waals surface area contributed by atoms with Crippen LogP contribution in [0.25, 0.3) is 10.2 Å². The number of fused-ring (bicyclic) bond motifs is 1. The van der Waals surface area contributed by atoms with Crippen molar-refractivity contribution < 1.29 is 17.9 Å². The molecule has 0 aliphatic rings. The number of nitrogens with zero attached hydrogens (tertiary/aromatic N) is 3. The van der Waals surface area contributed by atoms with Crippen molar-refractivity contribution in [3.05, 3.63) is 48.5 Å². The number of thiazole rings is 1. The topological polar surface area (TPSA) is 79.8 Å². The van der Waals surface area contributed by atoms with Gasteiger partial charge in [0.2, 0.25) is 5.91 Å². The summed E-state index contributed by atoms with van der Waals surface area (Å²) < 4.78 is 31.5. The first-order chi connectivity index (χ1) is 14.8. The Labute approximate surface area is 187 Å². The van der Waals surface area contributed by atoms with Crippen molar-refractivity contribution in [2.45, 2.75) is 17.7 Å². The number of amides is 1. The summed E-state index contributed by atoms with van der Waals surface area (Å²) in [7, 11) is 1.89. The molecule has 0 bridgehead atoms. The Morgan fingerprint density at radius 2 is 1.77 bits per heavy atom. The van der Waals surface area contributed by atoms with E-state index in [2.05, 4.69) is 9.88 Å². The van der Waals surface area contributed by atoms with Gasteiger partial charge in [-0.3, -0.25) is 9.69 Å². The predicted molar refractivity (Wildman–Crippen MR) is 125 cm³/mol. The third kappa shape index (κ3) is 6.03. The Morgan fingerprint density at radius 1 is 1.06 bits per heavy atom. The van der Waals surface area contributed by atoms with E-state index in [0.717, 1.165) is 23.2 Å². The molecule has 0 aliphatic carbocycles. The molecule has 0 spiro atoms. The van der Waals surface area contributed by atoms with Gasteiger partial charge in [-0.05, 0) is 63.5 Å². The van der Waals surface area contributed by atoms with Crippen molar-refractivity contribution in [2.24, 2.45) is 0 Å². The molecular weight excluding hydrogens is 434 g/mol. The van der Waals surface area contributed by atoms with Crippen molar-refractivity contribution in [3.63, 3.8) is 0 Å². The SMILES string of the molecule is COc1ccc(S(=O)(=O)CCC(=O)N(CCCN(C)C)c2nc3ccccc3s2)cc1. The van der Waals surface area contributed by atoms with Crippen LogP contribution in [0.15, 0.2) is 53.4 Å². The molecule has 0 fully saturated rings. The Hall–Kier alpha value is -2.49. The van der Waals surface area contributed by atoms with Gasteiger partial charge < -0.3 is 9.64 Å². The molecular formula is C22H27N3O4S2. The highest BCUT2D eigenvalue weighted by Gasteiger charge is 2.23. The smallest absolute Gasteiger partial charge is 0.229 e. The van der Waals surface area contributed by atoms with E-state index in [1.54, 1.807) is 17.0 Å². The summed E-state index contributed by atoms with van der Waals surface area (Å²) >= 11 is 1.44. The molecule has 0 radical (unpaired) electrons. The van der Waals surface area contributed by atoms with Gasteiger partial charge in [0.05, 0.1) is 28.0 Å². The van der Waals surface area contributed by atoms with E-state index in [0.29, 0.717) is 17.4 Å². The van der Waals surface area contributed by atoms with E-state index in [4.69, 9.17) is 4.74 Å². The molecule has 0 saturated carbocycles. The van der Waals surface area contributed by atoms with Gasteiger partial charge in [0.1, 0.15) is 5.75 Å². The Bertz CT molecular complexity index is 1090. The van der Waals surface area contributed by atoms with E-state index in [1.807, 2.05) is 38.4 Å². The predicted octanol–water partition coefficient (Wildman–Crippen LogP) is 3.45. The minimum absolute atomic E-state index is 0.105. The van der Waals surface area contributed by atoms with Crippen LogP contribution in [0.4, 0.5) is 5.13 Å². The number of aromatic nitrogens is 1. The quantitative estimate of drug-likeness (QED) is 0.460. The normalized spacial score (nSPS) is 11.7. The second-order valence-electron chi connectivity index (χ2n) is 7.41. The maximum Gasteiger partial charge on any atom is 0.229 e. The van der Waals surface area contributed by atoms with Crippen LogP contribution in [0.5, 0.6) is 5.75 Å². The van der Waals surface area contributed by atoms with Gasteiger partial charge in [-0.25, -0.2) is 13.4 Å². The van der Waals surface area contributed by atoms with Gasteiger partial charge in [0, 0.05) is 13.0 Å². The number of para-hydroxylation sites is 1. The molecule has 1 amide bonds. The van der Waals surface area contributed by atoms with Crippen molar-refractivity contribution in [1.82, 2.24) is 9.88 Å². The number of hydrogen-bond donors (Lipinski definition) is 0. The highest BCUT2D eigenvalue weighted by atomic mass is 32.2. The molecule has 1 aromatic heterocycles. The Balaban J connectivity index is 1.75.